The van der Waals surface area contributed by atoms with Crippen LogP contribution < -0.4 is 5.32 Å². The molecule has 0 bridgehead atoms. The van der Waals surface area contributed by atoms with Gasteiger partial charge in [0, 0.05) is 21.3 Å². The van der Waals surface area contributed by atoms with Crippen LogP contribution in [-0.2, 0) is 4.79 Å². The summed E-state index contributed by atoms with van der Waals surface area (Å²) < 4.78 is 1.91. The highest BCUT2D eigenvalue weighted by atomic mass is 35.5. The molecule has 1 heterocycles. The molecule has 1 N–H and O–H groups in total. The minimum Gasteiger partial charge on any atom is -0.324 e. The Balaban J connectivity index is 1.59. The van der Waals surface area contributed by atoms with Crippen LogP contribution in [0.1, 0.15) is 0 Å². The molecular weight excluding hydrogens is 475 g/mol. The largest absolute Gasteiger partial charge is 0.324 e. The average molecular weight is 490 g/mol. The van der Waals surface area contributed by atoms with Crippen LogP contribution in [0, 0.1) is 0 Å². The lowest BCUT2D eigenvalue weighted by atomic mass is 10.2. The highest BCUT2D eigenvalue weighted by molar-refractivity contribution is 7.99. The number of hydrogen-bond donors (Lipinski definition) is 1. The average Bonchev–Trinajstić information content (AvgIpc) is 3.20. The van der Waals surface area contributed by atoms with Gasteiger partial charge in [-0.25, -0.2) is 0 Å². The van der Waals surface area contributed by atoms with E-state index in [1.807, 2.05) is 47.0 Å². The van der Waals surface area contributed by atoms with Gasteiger partial charge in [0.1, 0.15) is 0 Å². The van der Waals surface area contributed by atoms with Gasteiger partial charge in [-0.3, -0.25) is 9.36 Å². The molecule has 1 aromatic heterocycles. The van der Waals surface area contributed by atoms with Crippen LogP contribution in [-0.4, -0.2) is 26.4 Å². The van der Waals surface area contributed by atoms with Crippen molar-refractivity contribution in [3.05, 3.63) is 87.9 Å². The number of hydrogen-bond acceptors (Lipinski definition) is 4. The van der Waals surface area contributed by atoms with Gasteiger partial charge in [0.05, 0.1) is 16.5 Å². The smallest absolute Gasteiger partial charge is 0.234 e. The third-order valence-electron chi connectivity index (χ3n) is 4.29. The zero-order valence-electron chi connectivity index (χ0n) is 15.9. The molecule has 0 unspecified atom stereocenters. The molecule has 0 saturated carbocycles. The SMILES string of the molecule is O=C(CSc1nnc(-c2ccc(Cl)cc2)n1-c1ccccc1)Nc1cc(Cl)ccc1Cl. The van der Waals surface area contributed by atoms with Gasteiger partial charge in [0.15, 0.2) is 11.0 Å². The fraction of sp³-hybridized carbons (Fsp3) is 0.0455. The van der Waals surface area contributed by atoms with Crippen molar-refractivity contribution in [2.45, 2.75) is 5.16 Å². The quantitative estimate of drug-likeness (QED) is 0.309. The van der Waals surface area contributed by atoms with E-state index >= 15 is 0 Å². The van der Waals surface area contributed by atoms with Gasteiger partial charge < -0.3 is 5.32 Å². The predicted octanol–water partition coefficient (Wildman–Crippen LogP) is 6.63. The maximum absolute atomic E-state index is 12.5. The highest BCUT2D eigenvalue weighted by Crippen LogP contribution is 2.29. The summed E-state index contributed by atoms with van der Waals surface area (Å²) in [6.07, 6.45) is 0. The third kappa shape index (κ3) is 5.22. The standard InChI is InChI=1S/C22H15Cl3N4OS/c23-15-8-6-14(7-9-15)21-27-28-22(29(21)17-4-2-1-3-5-17)31-13-20(30)26-19-12-16(24)10-11-18(19)25/h1-12H,13H2,(H,26,30). The van der Waals surface area contributed by atoms with Crippen LogP contribution >= 0.6 is 46.6 Å². The van der Waals surface area contributed by atoms with Crippen molar-refractivity contribution in [2.24, 2.45) is 0 Å². The van der Waals surface area contributed by atoms with E-state index < -0.39 is 0 Å². The molecule has 0 saturated heterocycles. The second-order valence-electron chi connectivity index (χ2n) is 6.45. The van der Waals surface area contributed by atoms with Gasteiger partial charge in [-0.15, -0.1) is 10.2 Å². The summed E-state index contributed by atoms with van der Waals surface area (Å²) in [5.41, 5.74) is 2.21. The van der Waals surface area contributed by atoms with E-state index in [2.05, 4.69) is 15.5 Å². The lowest BCUT2D eigenvalue weighted by Crippen LogP contribution is -2.15. The van der Waals surface area contributed by atoms with E-state index in [1.165, 1.54) is 11.8 Å². The molecule has 1 amide bonds. The summed E-state index contributed by atoms with van der Waals surface area (Å²) in [5, 5.41) is 13.6. The Labute approximate surface area is 198 Å². The number of rotatable bonds is 6. The summed E-state index contributed by atoms with van der Waals surface area (Å²) in [6, 6.07) is 22.0. The molecule has 0 fully saturated rings. The number of nitrogens with zero attached hydrogens (tertiary/aromatic N) is 3. The van der Waals surface area contributed by atoms with Gasteiger partial charge in [-0.1, -0.05) is 64.8 Å². The van der Waals surface area contributed by atoms with E-state index in [0.717, 1.165) is 11.3 Å². The maximum Gasteiger partial charge on any atom is 0.234 e. The Morgan fingerprint density at radius 3 is 2.35 bits per heavy atom. The summed E-state index contributed by atoms with van der Waals surface area (Å²) in [4.78, 5) is 12.5. The number of carbonyl (C=O) groups is 1. The number of halogens is 3. The lowest BCUT2D eigenvalue weighted by molar-refractivity contribution is -0.113. The summed E-state index contributed by atoms with van der Waals surface area (Å²) in [7, 11) is 0. The van der Waals surface area contributed by atoms with Crippen molar-refractivity contribution in [1.29, 1.82) is 0 Å². The van der Waals surface area contributed by atoms with Crippen molar-refractivity contribution in [2.75, 3.05) is 11.1 Å². The number of nitrogens with one attached hydrogen (secondary N) is 1. The van der Waals surface area contributed by atoms with E-state index in [9.17, 15) is 4.79 Å². The molecule has 0 aliphatic carbocycles. The van der Waals surface area contributed by atoms with Gasteiger partial charge in [-0.2, -0.15) is 0 Å². The zero-order valence-corrected chi connectivity index (χ0v) is 19.0. The minimum absolute atomic E-state index is 0.119. The van der Waals surface area contributed by atoms with E-state index in [1.54, 1.807) is 30.3 Å². The first-order chi connectivity index (χ1) is 15.0. The van der Waals surface area contributed by atoms with Crippen molar-refractivity contribution >= 4 is 58.2 Å². The molecule has 4 aromatic rings. The molecule has 0 spiro atoms. The number of anilines is 1. The summed E-state index contributed by atoms with van der Waals surface area (Å²) in [6.45, 7) is 0. The van der Waals surface area contributed by atoms with Gasteiger partial charge in [0.2, 0.25) is 5.91 Å². The van der Waals surface area contributed by atoms with Crippen LogP contribution in [0.3, 0.4) is 0 Å². The Morgan fingerprint density at radius 2 is 1.61 bits per heavy atom. The van der Waals surface area contributed by atoms with Gasteiger partial charge in [-0.05, 0) is 54.6 Å². The van der Waals surface area contributed by atoms with Crippen LogP contribution in [0.25, 0.3) is 17.1 Å². The molecule has 0 aliphatic heterocycles. The van der Waals surface area contributed by atoms with E-state index in [4.69, 9.17) is 34.8 Å². The first-order valence-electron chi connectivity index (χ1n) is 9.16. The fourth-order valence-corrected chi connectivity index (χ4v) is 4.08. The molecule has 0 atom stereocenters. The number of aromatic nitrogens is 3. The first kappa shape index (κ1) is 21.7. The maximum atomic E-state index is 12.5. The molecular formula is C22H15Cl3N4OS. The number of benzene rings is 3. The van der Waals surface area contributed by atoms with E-state index in [0.29, 0.717) is 31.7 Å². The molecule has 4 rings (SSSR count). The highest BCUT2D eigenvalue weighted by Gasteiger charge is 2.17. The second kappa shape index (κ2) is 9.75. The number of amides is 1. The zero-order chi connectivity index (χ0) is 21.8. The molecule has 5 nitrogen and oxygen atoms in total. The summed E-state index contributed by atoms with van der Waals surface area (Å²) >= 11 is 19.4. The van der Waals surface area contributed by atoms with Crippen LogP contribution in [0.4, 0.5) is 5.69 Å². The van der Waals surface area contributed by atoms with Crippen molar-refractivity contribution in [3.63, 3.8) is 0 Å². The Bertz CT molecular complexity index is 1210. The Hall–Kier alpha value is -2.51. The first-order valence-corrected chi connectivity index (χ1v) is 11.3. The van der Waals surface area contributed by atoms with Crippen molar-refractivity contribution in [3.8, 4) is 17.1 Å². The monoisotopic (exact) mass is 488 g/mol. The molecule has 3 aromatic carbocycles. The van der Waals surface area contributed by atoms with Crippen LogP contribution in [0.2, 0.25) is 15.1 Å². The van der Waals surface area contributed by atoms with Crippen LogP contribution in [0.15, 0.2) is 78.0 Å². The molecule has 156 valence electrons. The number of carbonyl (C=O) groups excluding carboxylic acids is 1. The molecule has 9 heteroatoms. The third-order valence-corrected chi connectivity index (χ3v) is 6.03. The number of para-hydroxylation sites is 1. The van der Waals surface area contributed by atoms with Gasteiger partial charge >= 0.3 is 0 Å². The molecule has 31 heavy (non-hydrogen) atoms. The topological polar surface area (TPSA) is 59.8 Å². The molecule has 0 aliphatic rings. The normalized spacial score (nSPS) is 10.8. The van der Waals surface area contributed by atoms with Crippen molar-refractivity contribution in [1.82, 2.24) is 14.8 Å². The predicted molar refractivity (Wildman–Crippen MR) is 128 cm³/mol. The number of thioether (sulfide) groups is 1. The lowest BCUT2D eigenvalue weighted by Gasteiger charge is -2.11. The molecule has 0 radical (unpaired) electrons. The Kier molecular flexibility index (Phi) is 6.83. The Morgan fingerprint density at radius 1 is 0.903 bits per heavy atom. The second-order valence-corrected chi connectivity index (χ2v) is 8.67. The van der Waals surface area contributed by atoms with Gasteiger partial charge in [0.25, 0.3) is 0 Å². The minimum atomic E-state index is -0.232. The van der Waals surface area contributed by atoms with Crippen LogP contribution in [0.5, 0.6) is 0 Å². The fourth-order valence-electron chi connectivity index (χ4n) is 2.87. The summed E-state index contributed by atoms with van der Waals surface area (Å²) in [5.74, 6) is 0.544. The van der Waals surface area contributed by atoms with Crippen molar-refractivity contribution < 1.29 is 4.79 Å². The van der Waals surface area contributed by atoms with E-state index in [-0.39, 0.29) is 11.7 Å².